The number of nitro groups is 1. The fourth-order valence-corrected chi connectivity index (χ4v) is 1.20. The fraction of sp³-hybridized carbons (Fsp3) is 0.333. The number of benzene rings is 1. The Morgan fingerprint density at radius 2 is 2.07 bits per heavy atom. The highest BCUT2D eigenvalue weighted by molar-refractivity contribution is 5.42. The van der Waals surface area contributed by atoms with Crippen molar-refractivity contribution in [2.75, 3.05) is 0 Å². The number of aliphatic hydroxyl groups is 1. The average Bonchev–Trinajstić information content (AvgIpc) is 2.16. The summed E-state index contributed by atoms with van der Waals surface area (Å²) in [6, 6.07) is 5.42. The van der Waals surface area contributed by atoms with Gasteiger partial charge in [-0.3, -0.25) is 10.1 Å². The van der Waals surface area contributed by atoms with Gasteiger partial charge in [-0.2, -0.15) is 0 Å². The second-order valence-corrected chi connectivity index (χ2v) is 3.08. The van der Waals surface area contributed by atoms with Gasteiger partial charge in [-0.25, -0.2) is 0 Å². The van der Waals surface area contributed by atoms with Gasteiger partial charge in [-0.1, -0.05) is 18.2 Å². The predicted molar refractivity (Wildman–Crippen MR) is 51.7 cm³/mol. The van der Waals surface area contributed by atoms with Crippen molar-refractivity contribution in [2.24, 2.45) is 5.73 Å². The molecule has 1 rings (SSSR count). The monoisotopic (exact) mass is 196 g/mol. The van der Waals surface area contributed by atoms with Crippen molar-refractivity contribution in [1.82, 2.24) is 0 Å². The summed E-state index contributed by atoms with van der Waals surface area (Å²) >= 11 is 0. The van der Waals surface area contributed by atoms with E-state index in [0.717, 1.165) is 0 Å². The summed E-state index contributed by atoms with van der Waals surface area (Å²) in [5.74, 6) is 0. The molecule has 0 aliphatic carbocycles. The first-order chi connectivity index (χ1) is 6.54. The highest BCUT2D eigenvalue weighted by atomic mass is 16.6. The molecule has 0 fully saturated rings. The highest BCUT2D eigenvalue weighted by Crippen LogP contribution is 2.24. The zero-order chi connectivity index (χ0) is 10.7. The van der Waals surface area contributed by atoms with Crippen LogP contribution < -0.4 is 5.73 Å². The SMILES string of the molecule is CC(O)[C@H](N)c1ccccc1[N+](=O)[O-]. The number of aliphatic hydroxyl groups excluding tert-OH is 1. The summed E-state index contributed by atoms with van der Waals surface area (Å²) in [4.78, 5) is 10.1. The molecular formula is C9H12N2O3. The molecule has 5 nitrogen and oxygen atoms in total. The number of para-hydroxylation sites is 1. The maximum absolute atomic E-state index is 10.6. The smallest absolute Gasteiger partial charge is 0.274 e. The molecule has 3 N–H and O–H groups in total. The molecule has 0 aliphatic rings. The molecule has 1 aromatic carbocycles. The standard InChI is InChI=1S/C9H12N2O3/c1-6(12)9(10)7-4-2-3-5-8(7)11(13)14/h2-6,9,12H,10H2,1H3/t6?,9-/m0/s1. The van der Waals surface area contributed by atoms with Gasteiger partial charge in [0.25, 0.3) is 5.69 Å². The van der Waals surface area contributed by atoms with Gasteiger partial charge in [0.15, 0.2) is 0 Å². The molecular weight excluding hydrogens is 184 g/mol. The molecule has 0 bridgehead atoms. The van der Waals surface area contributed by atoms with Crippen LogP contribution >= 0.6 is 0 Å². The molecule has 0 aromatic heterocycles. The molecule has 0 saturated heterocycles. The van der Waals surface area contributed by atoms with E-state index in [-0.39, 0.29) is 5.69 Å². The zero-order valence-electron chi connectivity index (χ0n) is 7.75. The van der Waals surface area contributed by atoms with Crippen LogP contribution in [-0.2, 0) is 0 Å². The van der Waals surface area contributed by atoms with Crippen molar-refractivity contribution >= 4 is 5.69 Å². The molecule has 2 atom stereocenters. The predicted octanol–water partition coefficient (Wildman–Crippen LogP) is 0.975. The van der Waals surface area contributed by atoms with Crippen LogP contribution in [0.4, 0.5) is 5.69 Å². The lowest BCUT2D eigenvalue weighted by Gasteiger charge is -2.14. The quantitative estimate of drug-likeness (QED) is 0.557. The van der Waals surface area contributed by atoms with Gasteiger partial charge in [0, 0.05) is 11.6 Å². The second kappa shape index (κ2) is 4.17. The van der Waals surface area contributed by atoms with E-state index in [0.29, 0.717) is 5.56 Å². The molecule has 0 spiro atoms. The summed E-state index contributed by atoms with van der Waals surface area (Å²) in [7, 11) is 0. The van der Waals surface area contributed by atoms with Gasteiger partial charge in [0.1, 0.15) is 0 Å². The Balaban J connectivity index is 3.13. The number of hydrogen-bond donors (Lipinski definition) is 2. The summed E-state index contributed by atoms with van der Waals surface area (Å²) in [6.07, 6.45) is -0.809. The topological polar surface area (TPSA) is 89.4 Å². The van der Waals surface area contributed by atoms with Crippen LogP contribution in [0.2, 0.25) is 0 Å². The third-order valence-electron chi connectivity index (χ3n) is 2.01. The Bertz CT molecular complexity index is 339. The van der Waals surface area contributed by atoms with Gasteiger partial charge in [0.05, 0.1) is 17.1 Å². The molecule has 0 saturated carbocycles. The van der Waals surface area contributed by atoms with Crippen molar-refractivity contribution in [3.8, 4) is 0 Å². The first-order valence-electron chi connectivity index (χ1n) is 4.21. The first kappa shape index (κ1) is 10.6. The largest absolute Gasteiger partial charge is 0.391 e. The van der Waals surface area contributed by atoms with Crippen molar-refractivity contribution in [1.29, 1.82) is 0 Å². The third-order valence-corrected chi connectivity index (χ3v) is 2.01. The normalized spacial score (nSPS) is 14.8. The van der Waals surface area contributed by atoms with E-state index in [2.05, 4.69) is 0 Å². The summed E-state index contributed by atoms with van der Waals surface area (Å²) in [5, 5.41) is 19.9. The second-order valence-electron chi connectivity index (χ2n) is 3.08. The van der Waals surface area contributed by atoms with E-state index < -0.39 is 17.1 Å². The minimum absolute atomic E-state index is 0.0547. The molecule has 0 aliphatic heterocycles. The van der Waals surface area contributed by atoms with Crippen LogP contribution in [0.5, 0.6) is 0 Å². The van der Waals surface area contributed by atoms with Gasteiger partial charge < -0.3 is 10.8 Å². The molecule has 0 heterocycles. The lowest BCUT2D eigenvalue weighted by molar-refractivity contribution is -0.385. The first-order valence-corrected chi connectivity index (χ1v) is 4.21. The molecule has 1 aromatic rings. The summed E-state index contributed by atoms with van der Waals surface area (Å²) in [5.41, 5.74) is 5.92. The lowest BCUT2D eigenvalue weighted by Crippen LogP contribution is -2.23. The molecule has 0 radical (unpaired) electrons. The third kappa shape index (κ3) is 2.07. The van der Waals surface area contributed by atoms with E-state index in [1.807, 2.05) is 0 Å². The molecule has 1 unspecified atom stereocenters. The average molecular weight is 196 g/mol. The van der Waals surface area contributed by atoms with Crippen LogP contribution in [0.15, 0.2) is 24.3 Å². The van der Waals surface area contributed by atoms with Crippen LogP contribution in [0.3, 0.4) is 0 Å². The molecule has 0 amide bonds. The Morgan fingerprint density at radius 1 is 1.50 bits per heavy atom. The van der Waals surface area contributed by atoms with Gasteiger partial charge in [-0.05, 0) is 6.92 Å². The fourth-order valence-electron chi connectivity index (χ4n) is 1.20. The van der Waals surface area contributed by atoms with E-state index in [9.17, 15) is 15.2 Å². The van der Waals surface area contributed by atoms with Gasteiger partial charge in [0.2, 0.25) is 0 Å². The van der Waals surface area contributed by atoms with Crippen molar-refractivity contribution < 1.29 is 10.0 Å². The number of nitrogens with zero attached hydrogens (tertiary/aromatic N) is 1. The van der Waals surface area contributed by atoms with E-state index in [4.69, 9.17) is 5.73 Å². The van der Waals surface area contributed by atoms with Crippen LogP contribution in [0.25, 0.3) is 0 Å². The minimum atomic E-state index is -0.809. The number of nitrogens with two attached hydrogens (primary N) is 1. The Hall–Kier alpha value is -1.46. The lowest BCUT2D eigenvalue weighted by atomic mass is 10.0. The van der Waals surface area contributed by atoms with Crippen molar-refractivity contribution in [3.05, 3.63) is 39.9 Å². The minimum Gasteiger partial charge on any atom is -0.391 e. The number of nitro benzene ring substituents is 1. The van der Waals surface area contributed by atoms with Crippen molar-refractivity contribution in [3.63, 3.8) is 0 Å². The maximum Gasteiger partial charge on any atom is 0.274 e. The van der Waals surface area contributed by atoms with E-state index >= 15 is 0 Å². The summed E-state index contributed by atoms with van der Waals surface area (Å²) in [6.45, 7) is 1.50. The Labute approximate surface area is 81.3 Å². The zero-order valence-corrected chi connectivity index (χ0v) is 7.75. The number of hydrogen-bond acceptors (Lipinski definition) is 4. The van der Waals surface area contributed by atoms with Crippen LogP contribution in [0, 0.1) is 10.1 Å². The van der Waals surface area contributed by atoms with E-state index in [1.165, 1.54) is 13.0 Å². The van der Waals surface area contributed by atoms with Crippen LogP contribution in [0.1, 0.15) is 18.5 Å². The molecule has 76 valence electrons. The van der Waals surface area contributed by atoms with Gasteiger partial charge in [-0.15, -0.1) is 0 Å². The van der Waals surface area contributed by atoms with E-state index in [1.54, 1.807) is 18.2 Å². The van der Waals surface area contributed by atoms with Crippen LogP contribution in [-0.4, -0.2) is 16.1 Å². The van der Waals surface area contributed by atoms with Gasteiger partial charge >= 0.3 is 0 Å². The molecule has 5 heteroatoms. The highest BCUT2D eigenvalue weighted by Gasteiger charge is 2.21. The Kier molecular flexibility index (Phi) is 3.16. The number of rotatable bonds is 3. The molecule has 14 heavy (non-hydrogen) atoms. The summed E-state index contributed by atoms with van der Waals surface area (Å²) < 4.78 is 0. The maximum atomic E-state index is 10.6. The Morgan fingerprint density at radius 3 is 2.57 bits per heavy atom. The van der Waals surface area contributed by atoms with Crippen molar-refractivity contribution in [2.45, 2.75) is 19.1 Å².